The van der Waals surface area contributed by atoms with E-state index in [-0.39, 0.29) is 11.9 Å². The zero-order valence-corrected chi connectivity index (χ0v) is 9.72. The zero-order chi connectivity index (χ0) is 11.3. The molecule has 0 spiro atoms. The maximum absolute atomic E-state index is 11.8. The molecule has 5 heteroatoms. The number of carbonyl (C=O) groups is 1. The van der Waals surface area contributed by atoms with E-state index in [1.165, 1.54) is 0 Å². The second-order valence-electron chi connectivity index (χ2n) is 3.56. The minimum absolute atomic E-state index is 0.0937. The van der Waals surface area contributed by atoms with Crippen LogP contribution in [-0.2, 0) is 9.53 Å². The molecule has 0 bridgehead atoms. The number of nitrogens with zero attached hydrogens (tertiary/aromatic N) is 1. The van der Waals surface area contributed by atoms with Crippen molar-refractivity contribution < 1.29 is 9.53 Å². The smallest absolute Gasteiger partial charge is 0.239 e. The summed E-state index contributed by atoms with van der Waals surface area (Å²) in [5.74, 6) is 0.0937. The molecule has 0 aromatic carbocycles. The Balaban J connectivity index is 2.33. The van der Waals surface area contributed by atoms with E-state index in [0.29, 0.717) is 37.9 Å². The molecule has 0 radical (unpaired) electrons. The van der Waals surface area contributed by atoms with Gasteiger partial charge in [0.25, 0.3) is 0 Å². The van der Waals surface area contributed by atoms with Crippen LogP contribution in [0.3, 0.4) is 0 Å². The van der Waals surface area contributed by atoms with Gasteiger partial charge in [-0.05, 0) is 6.92 Å². The molecule has 1 N–H and O–H groups in total. The van der Waals surface area contributed by atoms with Crippen LogP contribution in [0.5, 0.6) is 0 Å². The van der Waals surface area contributed by atoms with Gasteiger partial charge in [0, 0.05) is 24.7 Å². The molecule has 4 nitrogen and oxygen atoms in total. The molecule has 0 aliphatic carbocycles. The van der Waals surface area contributed by atoms with Gasteiger partial charge in [-0.25, -0.2) is 0 Å². The lowest BCUT2D eigenvalue weighted by atomic mass is 10.2. The average Bonchev–Trinajstić information content (AvgIpc) is 2.26. The molecule has 1 saturated heterocycles. The van der Waals surface area contributed by atoms with Crippen LogP contribution in [0.15, 0.2) is 11.6 Å². The molecule has 15 heavy (non-hydrogen) atoms. The normalized spacial score (nSPS) is 18.7. The summed E-state index contributed by atoms with van der Waals surface area (Å²) in [7, 11) is 0. The van der Waals surface area contributed by atoms with Crippen LogP contribution in [0.25, 0.3) is 0 Å². The van der Waals surface area contributed by atoms with Gasteiger partial charge in [-0.2, -0.15) is 0 Å². The molecular weight excluding hydrogens is 216 g/mol. The summed E-state index contributed by atoms with van der Waals surface area (Å²) in [6.07, 6.45) is 0. The van der Waals surface area contributed by atoms with Crippen molar-refractivity contribution in [1.82, 2.24) is 10.2 Å². The Morgan fingerprint density at radius 1 is 1.60 bits per heavy atom. The van der Waals surface area contributed by atoms with Crippen LogP contribution in [0, 0.1) is 0 Å². The predicted octanol–water partition coefficient (Wildman–Crippen LogP) is 0.576. The van der Waals surface area contributed by atoms with E-state index in [2.05, 4.69) is 11.9 Å². The highest BCUT2D eigenvalue weighted by Gasteiger charge is 2.21. The largest absolute Gasteiger partial charge is 0.378 e. The van der Waals surface area contributed by atoms with E-state index >= 15 is 0 Å². The standard InChI is InChI=1S/C10H17ClN2O2/c1-8(11)7-12-9(2)10(14)13-3-5-15-6-4-13/h9,12H,1,3-7H2,2H3. The van der Waals surface area contributed by atoms with Crippen molar-refractivity contribution in [2.75, 3.05) is 32.8 Å². The fourth-order valence-electron chi connectivity index (χ4n) is 1.41. The van der Waals surface area contributed by atoms with Gasteiger partial charge < -0.3 is 15.0 Å². The van der Waals surface area contributed by atoms with Gasteiger partial charge >= 0.3 is 0 Å². The van der Waals surface area contributed by atoms with Crippen LogP contribution < -0.4 is 5.32 Å². The second kappa shape index (κ2) is 6.10. The third-order valence-electron chi connectivity index (χ3n) is 2.29. The first kappa shape index (κ1) is 12.5. The van der Waals surface area contributed by atoms with E-state index in [9.17, 15) is 4.79 Å². The monoisotopic (exact) mass is 232 g/mol. The van der Waals surface area contributed by atoms with Gasteiger partial charge in [-0.1, -0.05) is 18.2 Å². The Morgan fingerprint density at radius 3 is 2.73 bits per heavy atom. The topological polar surface area (TPSA) is 41.6 Å². The molecule has 1 aliphatic rings. The van der Waals surface area contributed by atoms with Gasteiger partial charge in [0.2, 0.25) is 5.91 Å². The number of rotatable bonds is 4. The number of hydrogen-bond donors (Lipinski definition) is 1. The highest BCUT2D eigenvalue weighted by molar-refractivity contribution is 6.29. The minimum Gasteiger partial charge on any atom is -0.378 e. The Bertz CT molecular complexity index is 240. The molecular formula is C10H17ClN2O2. The van der Waals surface area contributed by atoms with Crippen molar-refractivity contribution >= 4 is 17.5 Å². The molecule has 1 rings (SSSR count). The second-order valence-corrected chi connectivity index (χ2v) is 4.09. The van der Waals surface area contributed by atoms with E-state index in [0.717, 1.165) is 0 Å². The lowest BCUT2D eigenvalue weighted by Gasteiger charge is -2.29. The lowest BCUT2D eigenvalue weighted by Crippen LogP contribution is -2.49. The molecule has 0 aromatic rings. The Labute approximate surface area is 95.2 Å². The quantitative estimate of drug-likeness (QED) is 0.771. The maximum Gasteiger partial charge on any atom is 0.239 e. The summed E-state index contributed by atoms with van der Waals surface area (Å²) >= 11 is 5.61. The third kappa shape index (κ3) is 4.20. The van der Waals surface area contributed by atoms with Crippen molar-refractivity contribution in [1.29, 1.82) is 0 Å². The number of amides is 1. The molecule has 0 aromatic heterocycles. The molecule has 1 heterocycles. The van der Waals surface area contributed by atoms with Crippen LogP contribution in [0.1, 0.15) is 6.92 Å². The van der Waals surface area contributed by atoms with E-state index < -0.39 is 0 Å². The maximum atomic E-state index is 11.8. The number of carbonyl (C=O) groups excluding carboxylic acids is 1. The van der Waals surface area contributed by atoms with Gasteiger partial charge in [0.05, 0.1) is 19.3 Å². The van der Waals surface area contributed by atoms with Crippen molar-refractivity contribution in [2.45, 2.75) is 13.0 Å². The molecule has 1 fully saturated rings. The summed E-state index contributed by atoms with van der Waals surface area (Å²) in [4.78, 5) is 13.6. The van der Waals surface area contributed by atoms with E-state index in [1.807, 2.05) is 6.92 Å². The van der Waals surface area contributed by atoms with Gasteiger partial charge in [0.15, 0.2) is 0 Å². The van der Waals surface area contributed by atoms with Crippen LogP contribution in [-0.4, -0.2) is 49.7 Å². The summed E-state index contributed by atoms with van der Waals surface area (Å²) in [5, 5.41) is 3.53. The summed E-state index contributed by atoms with van der Waals surface area (Å²) in [6, 6.07) is -0.224. The number of hydrogen-bond acceptors (Lipinski definition) is 3. The average molecular weight is 233 g/mol. The Hall–Kier alpha value is -0.580. The third-order valence-corrected chi connectivity index (χ3v) is 2.43. The number of nitrogens with one attached hydrogen (secondary N) is 1. The molecule has 1 atom stereocenters. The predicted molar refractivity (Wildman–Crippen MR) is 59.9 cm³/mol. The summed E-state index contributed by atoms with van der Waals surface area (Å²) < 4.78 is 5.18. The summed E-state index contributed by atoms with van der Waals surface area (Å²) in [6.45, 7) is 8.44. The first-order valence-electron chi connectivity index (χ1n) is 5.04. The highest BCUT2D eigenvalue weighted by Crippen LogP contribution is 2.01. The first-order chi connectivity index (χ1) is 7.11. The van der Waals surface area contributed by atoms with Crippen LogP contribution >= 0.6 is 11.6 Å². The van der Waals surface area contributed by atoms with Gasteiger partial charge in [-0.15, -0.1) is 0 Å². The van der Waals surface area contributed by atoms with Crippen molar-refractivity contribution in [2.24, 2.45) is 0 Å². The molecule has 1 unspecified atom stereocenters. The highest BCUT2D eigenvalue weighted by atomic mass is 35.5. The first-order valence-corrected chi connectivity index (χ1v) is 5.42. The minimum atomic E-state index is -0.224. The SMILES string of the molecule is C=C(Cl)CNC(C)C(=O)N1CCOCC1. The Morgan fingerprint density at radius 2 is 2.20 bits per heavy atom. The fourth-order valence-corrected chi connectivity index (χ4v) is 1.49. The summed E-state index contributed by atoms with van der Waals surface area (Å²) in [5.41, 5.74) is 0. The fraction of sp³-hybridized carbons (Fsp3) is 0.700. The number of morpholine rings is 1. The van der Waals surface area contributed by atoms with E-state index in [1.54, 1.807) is 4.90 Å². The molecule has 1 amide bonds. The van der Waals surface area contributed by atoms with Gasteiger partial charge in [0.1, 0.15) is 0 Å². The Kier molecular flexibility index (Phi) is 5.08. The number of ether oxygens (including phenoxy) is 1. The van der Waals surface area contributed by atoms with Crippen LogP contribution in [0.2, 0.25) is 0 Å². The molecule has 86 valence electrons. The van der Waals surface area contributed by atoms with E-state index in [4.69, 9.17) is 16.3 Å². The molecule has 1 aliphatic heterocycles. The van der Waals surface area contributed by atoms with Gasteiger partial charge in [-0.3, -0.25) is 4.79 Å². The lowest BCUT2D eigenvalue weighted by molar-refractivity contribution is -0.137. The van der Waals surface area contributed by atoms with Crippen molar-refractivity contribution in [3.8, 4) is 0 Å². The van der Waals surface area contributed by atoms with Crippen LogP contribution in [0.4, 0.5) is 0 Å². The van der Waals surface area contributed by atoms with Crippen molar-refractivity contribution in [3.05, 3.63) is 11.6 Å². The van der Waals surface area contributed by atoms with Crippen molar-refractivity contribution in [3.63, 3.8) is 0 Å². The molecule has 0 saturated carbocycles. The zero-order valence-electron chi connectivity index (χ0n) is 8.96. The number of halogens is 1.